The zero-order chi connectivity index (χ0) is 12.1. The van der Waals surface area contributed by atoms with Crippen LogP contribution in [-0.2, 0) is 0 Å². The van der Waals surface area contributed by atoms with Crippen molar-refractivity contribution in [3.8, 4) is 0 Å². The molecule has 16 heavy (non-hydrogen) atoms. The van der Waals surface area contributed by atoms with Gasteiger partial charge in [-0.1, -0.05) is 19.9 Å². The molecule has 0 aliphatic carbocycles. The third-order valence-electron chi connectivity index (χ3n) is 2.75. The van der Waals surface area contributed by atoms with Gasteiger partial charge >= 0.3 is 5.97 Å². The highest BCUT2D eigenvalue weighted by Crippen LogP contribution is 2.20. The number of benzene rings is 1. The van der Waals surface area contributed by atoms with Crippen LogP contribution in [0.5, 0.6) is 0 Å². The zero-order valence-electron chi connectivity index (χ0n) is 10.1. The molecule has 0 bridgehead atoms. The van der Waals surface area contributed by atoms with Gasteiger partial charge in [-0.25, -0.2) is 4.79 Å². The topological polar surface area (TPSA) is 49.3 Å². The lowest BCUT2D eigenvalue weighted by Gasteiger charge is -2.18. The molecule has 0 atom stereocenters. The van der Waals surface area contributed by atoms with E-state index in [0.717, 1.165) is 24.1 Å². The first-order valence-corrected chi connectivity index (χ1v) is 5.69. The maximum absolute atomic E-state index is 11.1. The van der Waals surface area contributed by atoms with E-state index in [9.17, 15) is 4.79 Å². The zero-order valence-corrected chi connectivity index (χ0v) is 10.1. The number of aryl methyl sites for hydroxylation is 1. The second-order valence-corrected chi connectivity index (χ2v) is 4.01. The van der Waals surface area contributed by atoms with Crippen LogP contribution in [0.2, 0.25) is 0 Å². The molecular formula is C13H19NO2. The number of carboxylic acid groups (broad SMARTS) is 1. The molecule has 0 aliphatic heterocycles. The highest BCUT2D eigenvalue weighted by molar-refractivity contribution is 5.94. The van der Waals surface area contributed by atoms with Crippen molar-refractivity contribution in [2.75, 3.05) is 5.32 Å². The van der Waals surface area contributed by atoms with Crippen molar-refractivity contribution in [3.63, 3.8) is 0 Å². The summed E-state index contributed by atoms with van der Waals surface area (Å²) < 4.78 is 0. The molecule has 0 aliphatic rings. The third kappa shape index (κ3) is 2.99. The van der Waals surface area contributed by atoms with Crippen LogP contribution in [0.15, 0.2) is 18.2 Å². The Morgan fingerprint density at radius 2 is 2.00 bits per heavy atom. The molecule has 88 valence electrons. The predicted molar refractivity (Wildman–Crippen MR) is 66.1 cm³/mol. The molecule has 0 fully saturated rings. The Kier molecular flexibility index (Phi) is 4.35. The Morgan fingerprint density at radius 1 is 1.38 bits per heavy atom. The summed E-state index contributed by atoms with van der Waals surface area (Å²) in [4.78, 5) is 11.1. The standard InChI is InChI=1S/C13H19NO2/c1-4-10(5-2)14-12-8-9(3)6-7-11(12)13(15)16/h6-8,10,14H,4-5H2,1-3H3,(H,15,16). The van der Waals surface area contributed by atoms with E-state index in [4.69, 9.17) is 5.11 Å². The molecule has 1 aromatic rings. The molecule has 0 spiro atoms. The van der Waals surface area contributed by atoms with Gasteiger partial charge in [-0.3, -0.25) is 0 Å². The lowest BCUT2D eigenvalue weighted by Crippen LogP contribution is -2.19. The number of anilines is 1. The molecule has 1 aromatic carbocycles. The van der Waals surface area contributed by atoms with E-state index in [1.807, 2.05) is 19.1 Å². The number of hydrogen-bond acceptors (Lipinski definition) is 2. The average Bonchev–Trinajstić information content (AvgIpc) is 2.25. The number of aromatic carboxylic acids is 1. The molecule has 0 unspecified atom stereocenters. The van der Waals surface area contributed by atoms with Gasteiger partial charge < -0.3 is 10.4 Å². The highest BCUT2D eigenvalue weighted by Gasteiger charge is 2.12. The monoisotopic (exact) mass is 221 g/mol. The number of carbonyl (C=O) groups is 1. The number of carboxylic acids is 1. The fourth-order valence-corrected chi connectivity index (χ4v) is 1.68. The van der Waals surface area contributed by atoms with Crippen molar-refractivity contribution in [1.29, 1.82) is 0 Å². The van der Waals surface area contributed by atoms with Crippen LogP contribution in [0.1, 0.15) is 42.6 Å². The van der Waals surface area contributed by atoms with Crippen LogP contribution >= 0.6 is 0 Å². The third-order valence-corrected chi connectivity index (χ3v) is 2.75. The van der Waals surface area contributed by atoms with E-state index in [1.165, 1.54) is 0 Å². The smallest absolute Gasteiger partial charge is 0.337 e. The van der Waals surface area contributed by atoms with Crippen LogP contribution in [0.3, 0.4) is 0 Å². The van der Waals surface area contributed by atoms with Gasteiger partial charge in [0.25, 0.3) is 0 Å². The molecule has 1 rings (SSSR count). The molecular weight excluding hydrogens is 202 g/mol. The summed E-state index contributed by atoms with van der Waals surface area (Å²) in [5, 5.41) is 12.4. The largest absolute Gasteiger partial charge is 0.478 e. The molecule has 0 radical (unpaired) electrons. The van der Waals surface area contributed by atoms with Gasteiger partial charge in [-0.15, -0.1) is 0 Å². The minimum Gasteiger partial charge on any atom is -0.478 e. The summed E-state index contributed by atoms with van der Waals surface area (Å²) in [5.74, 6) is -0.881. The lowest BCUT2D eigenvalue weighted by atomic mass is 10.1. The van der Waals surface area contributed by atoms with Crippen LogP contribution < -0.4 is 5.32 Å². The molecule has 0 saturated carbocycles. The summed E-state index contributed by atoms with van der Waals surface area (Å²) in [7, 11) is 0. The van der Waals surface area contributed by atoms with Crippen LogP contribution in [0, 0.1) is 6.92 Å². The van der Waals surface area contributed by atoms with Crippen LogP contribution in [0.4, 0.5) is 5.69 Å². The molecule has 3 nitrogen and oxygen atoms in total. The number of hydrogen-bond donors (Lipinski definition) is 2. The van der Waals surface area contributed by atoms with Crippen LogP contribution in [0.25, 0.3) is 0 Å². The number of nitrogens with one attached hydrogen (secondary N) is 1. The van der Waals surface area contributed by atoms with Gasteiger partial charge in [0, 0.05) is 11.7 Å². The predicted octanol–water partition coefficient (Wildman–Crippen LogP) is 3.29. The normalized spacial score (nSPS) is 10.5. The molecule has 3 heteroatoms. The summed E-state index contributed by atoms with van der Waals surface area (Å²) in [6.07, 6.45) is 1.98. The van der Waals surface area contributed by atoms with E-state index in [1.54, 1.807) is 6.07 Å². The lowest BCUT2D eigenvalue weighted by molar-refractivity contribution is 0.0698. The molecule has 2 N–H and O–H groups in total. The summed E-state index contributed by atoms with van der Waals surface area (Å²) in [6.45, 7) is 6.15. The van der Waals surface area contributed by atoms with E-state index in [2.05, 4.69) is 19.2 Å². The fourth-order valence-electron chi connectivity index (χ4n) is 1.68. The Hall–Kier alpha value is -1.51. The van der Waals surface area contributed by atoms with E-state index in [0.29, 0.717) is 11.6 Å². The van der Waals surface area contributed by atoms with Gasteiger partial charge in [0.05, 0.1) is 5.56 Å². The SMILES string of the molecule is CCC(CC)Nc1cc(C)ccc1C(=O)O. The van der Waals surface area contributed by atoms with Gasteiger partial charge in [0.15, 0.2) is 0 Å². The Balaban J connectivity index is 3.00. The molecule has 0 amide bonds. The van der Waals surface area contributed by atoms with E-state index in [-0.39, 0.29) is 0 Å². The summed E-state index contributed by atoms with van der Waals surface area (Å²) >= 11 is 0. The van der Waals surface area contributed by atoms with Crippen LogP contribution in [-0.4, -0.2) is 17.1 Å². The highest BCUT2D eigenvalue weighted by atomic mass is 16.4. The fraction of sp³-hybridized carbons (Fsp3) is 0.462. The maximum Gasteiger partial charge on any atom is 0.337 e. The quantitative estimate of drug-likeness (QED) is 0.802. The van der Waals surface area contributed by atoms with Crippen molar-refractivity contribution in [2.24, 2.45) is 0 Å². The van der Waals surface area contributed by atoms with Crippen molar-refractivity contribution in [3.05, 3.63) is 29.3 Å². The van der Waals surface area contributed by atoms with Gasteiger partial charge in [0.1, 0.15) is 0 Å². The summed E-state index contributed by atoms with van der Waals surface area (Å²) in [6, 6.07) is 5.70. The second-order valence-electron chi connectivity index (χ2n) is 4.01. The van der Waals surface area contributed by atoms with Gasteiger partial charge in [0.2, 0.25) is 0 Å². The minimum atomic E-state index is -0.881. The molecule has 0 saturated heterocycles. The van der Waals surface area contributed by atoms with Gasteiger partial charge in [-0.2, -0.15) is 0 Å². The van der Waals surface area contributed by atoms with Gasteiger partial charge in [-0.05, 0) is 37.5 Å². The average molecular weight is 221 g/mol. The van der Waals surface area contributed by atoms with Crippen molar-refractivity contribution >= 4 is 11.7 Å². The maximum atomic E-state index is 11.1. The first kappa shape index (κ1) is 12.6. The Morgan fingerprint density at radius 3 is 2.50 bits per heavy atom. The Labute approximate surface area is 96.5 Å². The summed E-state index contributed by atoms with van der Waals surface area (Å²) in [5.41, 5.74) is 2.14. The molecule has 0 aromatic heterocycles. The minimum absolute atomic E-state index is 0.333. The van der Waals surface area contributed by atoms with Crippen molar-refractivity contribution < 1.29 is 9.90 Å². The molecule has 0 heterocycles. The number of rotatable bonds is 5. The van der Waals surface area contributed by atoms with Crippen molar-refractivity contribution in [2.45, 2.75) is 39.7 Å². The first-order valence-electron chi connectivity index (χ1n) is 5.69. The van der Waals surface area contributed by atoms with E-state index >= 15 is 0 Å². The second kappa shape index (κ2) is 5.54. The first-order chi connectivity index (χ1) is 7.58. The van der Waals surface area contributed by atoms with E-state index < -0.39 is 5.97 Å². The van der Waals surface area contributed by atoms with Crippen molar-refractivity contribution in [1.82, 2.24) is 0 Å². The Bertz CT molecular complexity index is 370.